The van der Waals surface area contributed by atoms with Gasteiger partial charge < -0.3 is 15.2 Å². The van der Waals surface area contributed by atoms with Gasteiger partial charge >= 0.3 is 0 Å². The van der Waals surface area contributed by atoms with Gasteiger partial charge in [-0.05, 0) is 80.8 Å². The van der Waals surface area contributed by atoms with E-state index in [0.717, 1.165) is 11.8 Å². The average Bonchev–Trinajstić information content (AvgIpc) is 2.88. The van der Waals surface area contributed by atoms with Crippen molar-refractivity contribution >= 4 is 27.5 Å². The standard InChI is InChI=1S/C33H38N2O7S.C4H11N/c1-17-11-20(34-21(12-17)31(38)35-43(8,39)40)19-9-10-24(41-7)27(18(19)2)30-28-22(36)13-32(3,4)15-25(28)42-26-16-33(5,6)14-23(37)29(26)30;1-4(2,3)5/h9-12,30H,13-16H2,1-8H3,(H,35,38);5H2,1-3H3. The van der Waals surface area contributed by atoms with Gasteiger partial charge in [-0.15, -0.1) is 0 Å². The number of hydrogen-bond donors (Lipinski definition) is 2. The zero-order valence-corrected chi connectivity index (χ0v) is 30.8. The van der Waals surface area contributed by atoms with Crippen LogP contribution in [-0.2, 0) is 24.3 Å². The number of nitrogens with two attached hydrogens (primary N) is 1. The molecule has 0 saturated heterocycles. The van der Waals surface area contributed by atoms with Crippen LogP contribution in [-0.4, -0.2) is 49.8 Å². The van der Waals surface area contributed by atoms with Crippen LogP contribution in [0.2, 0.25) is 0 Å². The van der Waals surface area contributed by atoms with Gasteiger partial charge in [0.15, 0.2) is 11.6 Å². The van der Waals surface area contributed by atoms with E-state index in [9.17, 15) is 22.8 Å². The van der Waals surface area contributed by atoms with Gasteiger partial charge in [0.05, 0.1) is 25.0 Å². The van der Waals surface area contributed by atoms with Crippen LogP contribution in [0.5, 0.6) is 5.75 Å². The van der Waals surface area contributed by atoms with E-state index in [-0.39, 0.29) is 33.6 Å². The lowest BCUT2D eigenvalue weighted by atomic mass is 9.65. The second-order valence-electron chi connectivity index (χ2n) is 15.9. The number of carbonyl (C=O) groups excluding carboxylic acids is 3. The molecule has 3 aliphatic rings. The zero-order chi connectivity index (χ0) is 36.1. The topological polar surface area (TPSA) is 155 Å². The smallest absolute Gasteiger partial charge is 0.283 e. The minimum absolute atomic E-state index is 0. The average molecular weight is 680 g/mol. The molecule has 2 aliphatic carbocycles. The maximum atomic E-state index is 13.9. The predicted octanol–water partition coefficient (Wildman–Crippen LogP) is 6.21. The number of ketones is 2. The van der Waals surface area contributed by atoms with Crippen molar-refractivity contribution in [1.29, 1.82) is 0 Å². The Labute approximate surface area is 284 Å². The number of methoxy groups -OCH3 is 1. The molecular formula is C37H49N3O7S. The summed E-state index contributed by atoms with van der Waals surface area (Å²) in [7, 11) is -2.24. The predicted molar refractivity (Wildman–Crippen MR) is 186 cm³/mol. The van der Waals surface area contributed by atoms with Crippen molar-refractivity contribution in [3.63, 3.8) is 0 Å². The van der Waals surface area contributed by atoms with Crippen molar-refractivity contribution in [1.82, 2.24) is 9.71 Å². The molecule has 1 aromatic carbocycles. The molecule has 2 heterocycles. The number of sulfonamides is 1. The van der Waals surface area contributed by atoms with Crippen molar-refractivity contribution < 1.29 is 32.3 Å². The Hall–Kier alpha value is -3.83. The minimum Gasteiger partial charge on any atom is -0.496 e. The number of pyridine rings is 1. The molecule has 11 heteroatoms. The number of aromatic nitrogens is 1. The highest BCUT2D eigenvalue weighted by atomic mass is 32.2. The molecule has 260 valence electrons. The number of carbonyl (C=O) groups is 3. The van der Waals surface area contributed by atoms with Crippen molar-refractivity contribution in [2.75, 3.05) is 13.4 Å². The molecule has 0 saturated carbocycles. The van der Waals surface area contributed by atoms with Crippen molar-refractivity contribution in [2.24, 2.45) is 16.6 Å². The summed E-state index contributed by atoms with van der Waals surface area (Å²) < 4.78 is 37.7. The number of nitrogens with zero attached hydrogens (tertiary/aromatic N) is 1. The third-order valence-corrected chi connectivity index (χ3v) is 8.88. The van der Waals surface area contributed by atoms with E-state index in [1.54, 1.807) is 26.2 Å². The van der Waals surface area contributed by atoms with Crippen LogP contribution in [0.3, 0.4) is 0 Å². The van der Waals surface area contributed by atoms with Crippen LogP contribution in [0.25, 0.3) is 11.3 Å². The number of rotatable bonds is 5. The van der Waals surface area contributed by atoms with Crippen LogP contribution < -0.4 is 15.2 Å². The summed E-state index contributed by atoms with van der Waals surface area (Å²) in [5, 5.41) is 0. The minimum atomic E-state index is -3.79. The Balaban J connectivity index is 0.000000968. The molecule has 1 amide bonds. The molecule has 2 aromatic rings. The second kappa shape index (κ2) is 12.9. The van der Waals surface area contributed by atoms with Crippen LogP contribution in [0.1, 0.15) is 107 Å². The Kier molecular flexibility index (Phi) is 9.94. The van der Waals surface area contributed by atoms with Crippen molar-refractivity contribution in [3.05, 3.63) is 69.3 Å². The summed E-state index contributed by atoms with van der Waals surface area (Å²) in [6.07, 6.45) is 2.69. The van der Waals surface area contributed by atoms with E-state index in [2.05, 4.69) is 4.98 Å². The molecule has 10 nitrogen and oxygen atoms in total. The van der Waals surface area contributed by atoms with Gasteiger partial charge in [-0.1, -0.05) is 27.7 Å². The summed E-state index contributed by atoms with van der Waals surface area (Å²) in [5.41, 5.74) is 8.94. The molecule has 0 atom stereocenters. The number of hydrogen-bond acceptors (Lipinski definition) is 9. The van der Waals surface area contributed by atoms with E-state index in [1.165, 1.54) is 6.07 Å². The molecular weight excluding hydrogens is 630 g/mol. The number of ether oxygens (including phenoxy) is 2. The second-order valence-corrected chi connectivity index (χ2v) is 17.7. The van der Waals surface area contributed by atoms with Crippen LogP contribution in [0.15, 0.2) is 46.9 Å². The van der Waals surface area contributed by atoms with Crippen LogP contribution in [0.4, 0.5) is 0 Å². The molecule has 0 spiro atoms. The normalized spacial score (nSPS) is 19.1. The number of aryl methyl sites for hydroxylation is 1. The van der Waals surface area contributed by atoms with Gasteiger partial charge in [0, 0.05) is 53.5 Å². The summed E-state index contributed by atoms with van der Waals surface area (Å²) in [4.78, 5) is 45.0. The summed E-state index contributed by atoms with van der Waals surface area (Å²) in [6.45, 7) is 17.7. The Morgan fingerprint density at radius 2 is 1.46 bits per heavy atom. The monoisotopic (exact) mass is 679 g/mol. The third kappa shape index (κ3) is 8.41. The first-order chi connectivity index (χ1) is 21.9. The van der Waals surface area contributed by atoms with Gasteiger partial charge in [-0.2, -0.15) is 0 Å². The van der Waals surface area contributed by atoms with Gasteiger partial charge in [-0.25, -0.2) is 18.1 Å². The van der Waals surface area contributed by atoms with Crippen molar-refractivity contribution in [3.8, 4) is 17.0 Å². The molecule has 5 rings (SSSR count). The molecule has 1 aromatic heterocycles. The van der Waals surface area contributed by atoms with Crippen LogP contribution in [0, 0.1) is 24.7 Å². The quantitative estimate of drug-likeness (QED) is 0.375. The van der Waals surface area contributed by atoms with Gasteiger partial charge in [0.2, 0.25) is 10.0 Å². The highest BCUT2D eigenvalue weighted by molar-refractivity contribution is 7.89. The fourth-order valence-corrected chi connectivity index (χ4v) is 7.06. The fraction of sp³-hybridized carbons (Fsp3) is 0.514. The number of allylic oxidation sites excluding steroid dienone is 4. The number of nitrogens with one attached hydrogen (secondary N) is 1. The number of benzene rings is 1. The summed E-state index contributed by atoms with van der Waals surface area (Å²) in [5.74, 6) is 0.107. The first-order valence-corrected chi connectivity index (χ1v) is 18.0. The van der Waals surface area contributed by atoms with E-state index >= 15 is 0 Å². The highest BCUT2D eigenvalue weighted by Crippen LogP contribution is 2.55. The maximum Gasteiger partial charge on any atom is 0.283 e. The largest absolute Gasteiger partial charge is 0.496 e. The zero-order valence-electron chi connectivity index (χ0n) is 30.0. The molecule has 0 radical (unpaired) electrons. The number of Topliss-reactive ketones (excluding diaryl/α,β-unsaturated/α-hetero) is 2. The Morgan fingerprint density at radius 1 is 0.958 bits per heavy atom. The lowest BCUT2D eigenvalue weighted by Crippen LogP contribution is -2.38. The molecule has 1 aliphatic heterocycles. The van der Waals surface area contributed by atoms with Gasteiger partial charge in [-0.3, -0.25) is 14.4 Å². The lowest BCUT2D eigenvalue weighted by molar-refractivity contribution is -0.120. The van der Waals surface area contributed by atoms with Crippen molar-refractivity contribution in [2.45, 2.75) is 99.5 Å². The third-order valence-electron chi connectivity index (χ3n) is 8.32. The number of amides is 1. The molecule has 48 heavy (non-hydrogen) atoms. The maximum absolute atomic E-state index is 13.9. The Bertz CT molecular complexity index is 1800. The van der Waals surface area contributed by atoms with Gasteiger partial charge in [0.1, 0.15) is 23.0 Å². The van der Waals surface area contributed by atoms with E-state index in [1.807, 2.05) is 66.2 Å². The van der Waals surface area contributed by atoms with Crippen LogP contribution >= 0.6 is 0 Å². The summed E-state index contributed by atoms with van der Waals surface area (Å²) >= 11 is 0. The Morgan fingerprint density at radius 3 is 1.92 bits per heavy atom. The molecule has 0 unspecified atom stereocenters. The highest BCUT2D eigenvalue weighted by Gasteiger charge is 2.49. The van der Waals surface area contributed by atoms with E-state index in [0.29, 0.717) is 76.5 Å². The lowest BCUT2D eigenvalue weighted by Gasteiger charge is -2.43. The first-order valence-electron chi connectivity index (χ1n) is 16.1. The first kappa shape index (κ1) is 37.0. The molecule has 3 N–H and O–H groups in total. The van der Waals surface area contributed by atoms with E-state index < -0.39 is 21.8 Å². The molecule has 0 bridgehead atoms. The van der Waals surface area contributed by atoms with Gasteiger partial charge in [0.25, 0.3) is 5.91 Å². The SMILES string of the molecule is CC(C)(C)N.COc1ccc(-c2cc(C)cc(C(=O)NS(C)(=O)=O)n2)c(C)c1C1C2=C(CC(C)(C)CC2=O)OC2=C1C(=O)CC(C)(C)C2. The summed E-state index contributed by atoms with van der Waals surface area (Å²) in [6, 6.07) is 6.92. The fourth-order valence-electron chi connectivity index (χ4n) is 6.62. The molecule has 0 fully saturated rings. The van der Waals surface area contributed by atoms with E-state index in [4.69, 9.17) is 15.2 Å².